The molecule has 1 heterocycles. The summed E-state index contributed by atoms with van der Waals surface area (Å²) in [4.78, 5) is 26.7. The van der Waals surface area contributed by atoms with E-state index < -0.39 is 0 Å². The van der Waals surface area contributed by atoms with Gasteiger partial charge in [0.2, 0.25) is 5.91 Å². The molecule has 0 radical (unpaired) electrons. The second kappa shape index (κ2) is 9.17. The van der Waals surface area contributed by atoms with Crippen molar-refractivity contribution in [3.63, 3.8) is 0 Å². The van der Waals surface area contributed by atoms with Crippen molar-refractivity contribution in [3.05, 3.63) is 48.0 Å². The highest BCUT2D eigenvalue weighted by atomic mass is 16.5. The van der Waals surface area contributed by atoms with Gasteiger partial charge in [0, 0.05) is 31.1 Å². The molecule has 160 valence electrons. The predicted molar refractivity (Wildman–Crippen MR) is 118 cm³/mol. The molecule has 0 aromatic heterocycles. The van der Waals surface area contributed by atoms with Crippen molar-refractivity contribution in [3.8, 4) is 0 Å². The fourth-order valence-corrected chi connectivity index (χ4v) is 4.88. The second-order valence-electron chi connectivity index (χ2n) is 8.67. The first kappa shape index (κ1) is 20.9. The van der Waals surface area contributed by atoms with Crippen LogP contribution in [0, 0.1) is 11.8 Å². The van der Waals surface area contributed by atoms with E-state index in [1.807, 2.05) is 11.8 Å². The van der Waals surface area contributed by atoms with E-state index in [2.05, 4.69) is 54.7 Å². The number of benzene rings is 2. The number of amides is 1. The van der Waals surface area contributed by atoms with Crippen LogP contribution >= 0.6 is 0 Å². The van der Waals surface area contributed by atoms with E-state index in [1.165, 1.54) is 16.3 Å². The molecule has 0 bridgehead atoms. The Morgan fingerprint density at radius 3 is 2.50 bits per heavy atom. The van der Waals surface area contributed by atoms with Crippen LogP contribution in [0.25, 0.3) is 10.8 Å². The number of likely N-dealkylation sites (tertiary alicyclic amines) is 1. The molecule has 1 atom stereocenters. The van der Waals surface area contributed by atoms with Crippen LogP contribution < -0.4 is 5.32 Å². The Hall–Kier alpha value is -2.40. The largest absolute Gasteiger partial charge is 0.466 e. The van der Waals surface area contributed by atoms with Gasteiger partial charge in [0.25, 0.3) is 0 Å². The van der Waals surface area contributed by atoms with Gasteiger partial charge in [-0.05, 0) is 55.9 Å². The molecule has 1 saturated carbocycles. The van der Waals surface area contributed by atoms with Crippen LogP contribution in [0.2, 0.25) is 0 Å². The van der Waals surface area contributed by atoms with E-state index in [0.717, 1.165) is 25.7 Å². The van der Waals surface area contributed by atoms with Crippen LogP contribution in [0.4, 0.5) is 0 Å². The number of carbonyl (C=O) groups excluding carboxylic acids is 2. The van der Waals surface area contributed by atoms with Crippen LogP contribution in [-0.4, -0.2) is 42.5 Å². The number of fused-ring (bicyclic) bond motifs is 1. The van der Waals surface area contributed by atoms with Crippen molar-refractivity contribution < 1.29 is 14.3 Å². The average Bonchev–Trinajstić information content (AvgIpc) is 2.75. The highest BCUT2D eigenvalue weighted by Gasteiger charge is 2.39. The van der Waals surface area contributed by atoms with Gasteiger partial charge in [-0.2, -0.15) is 0 Å². The van der Waals surface area contributed by atoms with Gasteiger partial charge in [-0.1, -0.05) is 42.5 Å². The summed E-state index contributed by atoms with van der Waals surface area (Å²) in [5.74, 6) is 0.209. The number of carbonyl (C=O) groups is 2. The number of nitrogens with one attached hydrogen (secondary N) is 1. The van der Waals surface area contributed by atoms with Gasteiger partial charge >= 0.3 is 5.97 Å². The fourth-order valence-electron chi connectivity index (χ4n) is 4.88. The summed E-state index contributed by atoms with van der Waals surface area (Å²) in [7, 11) is 0. The standard InChI is InChI=1S/C25H32N2O3/c1-3-30-25(29)19-11-13-27(14-12-19)24(28)20-15-21(16-20)26-17(2)22-10-6-8-18-7-4-5-9-23(18)22/h4-10,17,19-21,26H,3,11-16H2,1-2H3/t17-,20?,21?/m1/s1. The van der Waals surface area contributed by atoms with Gasteiger partial charge < -0.3 is 15.0 Å². The van der Waals surface area contributed by atoms with Crippen LogP contribution in [0.15, 0.2) is 42.5 Å². The maximum absolute atomic E-state index is 12.8. The normalized spacial score (nSPS) is 23.1. The zero-order chi connectivity index (χ0) is 21.1. The van der Waals surface area contributed by atoms with Crippen molar-refractivity contribution in [1.29, 1.82) is 0 Å². The number of rotatable bonds is 6. The topological polar surface area (TPSA) is 58.6 Å². The summed E-state index contributed by atoms with van der Waals surface area (Å²) in [6.07, 6.45) is 3.23. The van der Waals surface area contributed by atoms with Gasteiger partial charge in [0.05, 0.1) is 12.5 Å². The minimum absolute atomic E-state index is 0.0497. The van der Waals surface area contributed by atoms with Crippen molar-refractivity contribution >= 4 is 22.6 Å². The van der Waals surface area contributed by atoms with E-state index in [1.54, 1.807) is 0 Å². The first-order valence-corrected chi connectivity index (χ1v) is 11.3. The van der Waals surface area contributed by atoms with Gasteiger partial charge in [-0.3, -0.25) is 9.59 Å². The van der Waals surface area contributed by atoms with Gasteiger partial charge in [0.15, 0.2) is 0 Å². The summed E-state index contributed by atoms with van der Waals surface area (Å²) >= 11 is 0. The van der Waals surface area contributed by atoms with Crippen molar-refractivity contribution in [2.45, 2.75) is 51.6 Å². The maximum atomic E-state index is 12.8. The first-order chi connectivity index (χ1) is 14.6. The minimum Gasteiger partial charge on any atom is -0.466 e. The van der Waals surface area contributed by atoms with Gasteiger partial charge in [-0.15, -0.1) is 0 Å². The molecule has 5 nitrogen and oxygen atoms in total. The third-order valence-electron chi connectivity index (χ3n) is 6.69. The summed E-state index contributed by atoms with van der Waals surface area (Å²) < 4.78 is 5.12. The molecular weight excluding hydrogens is 376 g/mol. The quantitative estimate of drug-likeness (QED) is 0.732. The zero-order valence-electron chi connectivity index (χ0n) is 18.0. The van der Waals surface area contributed by atoms with E-state index in [-0.39, 0.29) is 29.8 Å². The lowest BCUT2D eigenvalue weighted by molar-refractivity contribution is -0.152. The zero-order valence-corrected chi connectivity index (χ0v) is 18.0. The number of hydrogen-bond acceptors (Lipinski definition) is 4. The Balaban J connectivity index is 1.26. The average molecular weight is 409 g/mol. The summed E-state index contributed by atoms with van der Waals surface area (Å²) in [6, 6.07) is 15.6. The third-order valence-corrected chi connectivity index (χ3v) is 6.69. The van der Waals surface area contributed by atoms with Crippen molar-refractivity contribution in [2.24, 2.45) is 11.8 Å². The highest BCUT2D eigenvalue weighted by molar-refractivity contribution is 5.86. The lowest BCUT2D eigenvalue weighted by Gasteiger charge is -2.41. The van der Waals surface area contributed by atoms with E-state index in [4.69, 9.17) is 4.74 Å². The third kappa shape index (κ3) is 4.36. The second-order valence-corrected chi connectivity index (χ2v) is 8.67. The summed E-state index contributed by atoms with van der Waals surface area (Å²) in [5.41, 5.74) is 1.31. The molecule has 4 rings (SSSR count). The number of hydrogen-bond donors (Lipinski definition) is 1. The van der Waals surface area contributed by atoms with Crippen LogP contribution in [0.3, 0.4) is 0 Å². The molecule has 2 aromatic rings. The van der Waals surface area contributed by atoms with E-state index in [9.17, 15) is 9.59 Å². The van der Waals surface area contributed by atoms with Crippen LogP contribution in [-0.2, 0) is 14.3 Å². The molecule has 0 spiro atoms. The monoisotopic (exact) mass is 408 g/mol. The highest BCUT2D eigenvalue weighted by Crippen LogP contribution is 2.33. The Bertz CT molecular complexity index is 893. The van der Waals surface area contributed by atoms with E-state index in [0.29, 0.717) is 25.7 Å². The molecule has 5 heteroatoms. The first-order valence-electron chi connectivity index (χ1n) is 11.3. The SMILES string of the molecule is CCOC(=O)C1CCN(C(=O)C2CC(N[C@H](C)c3cccc4ccccc34)C2)CC1. The minimum atomic E-state index is -0.111. The predicted octanol–water partition coefficient (Wildman–Crippen LogP) is 4.07. The molecule has 2 fully saturated rings. The Kier molecular flexibility index (Phi) is 6.38. The summed E-state index contributed by atoms with van der Waals surface area (Å²) in [5, 5.41) is 6.27. The molecule has 0 unspecified atom stereocenters. The molecule has 1 amide bonds. The van der Waals surface area contributed by atoms with Crippen LogP contribution in [0.1, 0.15) is 51.1 Å². The molecule has 2 aliphatic rings. The fraction of sp³-hybridized carbons (Fsp3) is 0.520. The lowest BCUT2D eigenvalue weighted by Crippen LogP contribution is -2.51. The molecule has 1 N–H and O–H groups in total. The van der Waals surface area contributed by atoms with Crippen molar-refractivity contribution in [2.75, 3.05) is 19.7 Å². The number of esters is 1. The number of nitrogens with zero attached hydrogens (tertiary/aromatic N) is 1. The van der Waals surface area contributed by atoms with Gasteiger partial charge in [0.1, 0.15) is 0 Å². The Labute approximate surface area is 178 Å². The lowest BCUT2D eigenvalue weighted by atomic mass is 9.78. The smallest absolute Gasteiger partial charge is 0.309 e. The molecule has 2 aromatic carbocycles. The van der Waals surface area contributed by atoms with E-state index >= 15 is 0 Å². The Morgan fingerprint density at radius 2 is 1.77 bits per heavy atom. The maximum Gasteiger partial charge on any atom is 0.309 e. The van der Waals surface area contributed by atoms with Crippen molar-refractivity contribution in [1.82, 2.24) is 10.2 Å². The summed E-state index contributed by atoms with van der Waals surface area (Å²) in [6.45, 7) is 5.80. The molecule has 1 aliphatic carbocycles. The van der Waals surface area contributed by atoms with Gasteiger partial charge in [-0.25, -0.2) is 0 Å². The number of ether oxygens (including phenoxy) is 1. The molecular formula is C25H32N2O3. The molecule has 30 heavy (non-hydrogen) atoms. The number of piperidine rings is 1. The molecule has 1 saturated heterocycles. The Morgan fingerprint density at radius 1 is 1.07 bits per heavy atom. The molecule has 1 aliphatic heterocycles. The van der Waals surface area contributed by atoms with Crippen LogP contribution in [0.5, 0.6) is 0 Å².